The molecular formula is C20H15N5O. The third-order valence-corrected chi connectivity index (χ3v) is 4.64. The molecule has 5 rings (SSSR count). The standard InChI is InChI=1S/C20H15N5O/c26-20(15-2-1-3-17-16(15)10-23-24-17)18-11-22-19-5-4-14(12-25(18)19)13-6-8-21-9-7-13/h1-12,20,26H,(H,23,24). The Balaban J connectivity index is 1.66. The van der Waals surface area contributed by atoms with Crippen molar-refractivity contribution in [1.82, 2.24) is 24.6 Å². The first-order valence-corrected chi connectivity index (χ1v) is 8.29. The molecule has 1 aromatic carbocycles. The van der Waals surface area contributed by atoms with Crippen molar-refractivity contribution in [2.45, 2.75) is 6.10 Å². The Hall–Kier alpha value is -3.51. The van der Waals surface area contributed by atoms with Gasteiger partial charge in [0.05, 0.1) is 23.6 Å². The first kappa shape index (κ1) is 14.8. The predicted molar refractivity (Wildman–Crippen MR) is 98.6 cm³/mol. The Bertz CT molecular complexity index is 1210. The molecular weight excluding hydrogens is 326 g/mol. The number of aromatic amines is 1. The molecule has 0 fully saturated rings. The summed E-state index contributed by atoms with van der Waals surface area (Å²) in [5.41, 5.74) is 5.29. The summed E-state index contributed by atoms with van der Waals surface area (Å²) in [4.78, 5) is 8.50. The average Bonchev–Trinajstić information content (AvgIpc) is 3.34. The van der Waals surface area contributed by atoms with E-state index >= 15 is 0 Å². The zero-order valence-corrected chi connectivity index (χ0v) is 13.7. The van der Waals surface area contributed by atoms with Crippen molar-refractivity contribution in [1.29, 1.82) is 0 Å². The maximum atomic E-state index is 11.0. The lowest BCUT2D eigenvalue weighted by atomic mass is 10.0. The smallest absolute Gasteiger partial charge is 0.137 e. The van der Waals surface area contributed by atoms with E-state index in [0.717, 1.165) is 33.2 Å². The number of aromatic nitrogens is 5. The van der Waals surface area contributed by atoms with Gasteiger partial charge < -0.3 is 9.51 Å². The van der Waals surface area contributed by atoms with Gasteiger partial charge in [-0.25, -0.2) is 4.98 Å². The van der Waals surface area contributed by atoms with Crippen LogP contribution in [0.4, 0.5) is 0 Å². The number of fused-ring (bicyclic) bond motifs is 2. The summed E-state index contributed by atoms with van der Waals surface area (Å²) in [5.74, 6) is 0. The lowest BCUT2D eigenvalue weighted by molar-refractivity contribution is 0.216. The van der Waals surface area contributed by atoms with E-state index in [2.05, 4.69) is 20.2 Å². The number of aliphatic hydroxyl groups excluding tert-OH is 1. The van der Waals surface area contributed by atoms with Crippen molar-refractivity contribution < 1.29 is 5.11 Å². The summed E-state index contributed by atoms with van der Waals surface area (Å²) in [7, 11) is 0. The first-order valence-electron chi connectivity index (χ1n) is 8.29. The van der Waals surface area contributed by atoms with E-state index < -0.39 is 6.10 Å². The lowest BCUT2D eigenvalue weighted by Crippen LogP contribution is -2.04. The maximum absolute atomic E-state index is 11.0. The highest BCUT2D eigenvalue weighted by molar-refractivity contribution is 5.82. The van der Waals surface area contributed by atoms with Crippen molar-refractivity contribution in [3.05, 3.63) is 84.7 Å². The molecule has 2 N–H and O–H groups in total. The molecule has 0 spiro atoms. The zero-order chi connectivity index (χ0) is 17.5. The van der Waals surface area contributed by atoms with Gasteiger partial charge in [-0.3, -0.25) is 10.1 Å². The van der Waals surface area contributed by atoms with Crippen LogP contribution in [0.3, 0.4) is 0 Å². The summed E-state index contributed by atoms with van der Waals surface area (Å²) in [5, 5.41) is 19.0. The number of rotatable bonds is 3. The fourth-order valence-electron chi connectivity index (χ4n) is 3.31. The van der Waals surface area contributed by atoms with Gasteiger partial charge in [0, 0.05) is 24.0 Å². The SMILES string of the molecule is OC(c1cccc2[nH]ncc12)c1cnc2ccc(-c3ccncc3)cn12. The molecule has 0 aliphatic rings. The highest BCUT2D eigenvalue weighted by Crippen LogP contribution is 2.29. The molecule has 0 aliphatic carbocycles. The van der Waals surface area contributed by atoms with Crippen molar-refractivity contribution in [2.75, 3.05) is 0 Å². The van der Waals surface area contributed by atoms with Crippen molar-refractivity contribution >= 4 is 16.6 Å². The summed E-state index contributed by atoms with van der Waals surface area (Å²) in [6.45, 7) is 0. The second kappa shape index (κ2) is 5.79. The number of hydrogen-bond acceptors (Lipinski definition) is 4. The molecule has 126 valence electrons. The Morgan fingerprint density at radius 3 is 2.73 bits per heavy atom. The van der Waals surface area contributed by atoms with E-state index in [9.17, 15) is 5.11 Å². The third-order valence-electron chi connectivity index (χ3n) is 4.64. The molecule has 0 radical (unpaired) electrons. The second-order valence-electron chi connectivity index (χ2n) is 6.15. The molecule has 1 atom stereocenters. The zero-order valence-electron chi connectivity index (χ0n) is 13.7. The average molecular weight is 341 g/mol. The second-order valence-corrected chi connectivity index (χ2v) is 6.15. The molecule has 4 aromatic heterocycles. The van der Waals surface area contributed by atoms with Crippen LogP contribution < -0.4 is 0 Å². The maximum Gasteiger partial charge on any atom is 0.137 e. The summed E-state index contributed by atoms with van der Waals surface area (Å²) < 4.78 is 1.93. The third kappa shape index (κ3) is 2.28. The van der Waals surface area contributed by atoms with Crippen molar-refractivity contribution in [2.24, 2.45) is 0 Å². The van der Waals surface area contributed by atoms with Crippen LogP contribution >= 0.6 is 0 Å². The molecule has 1 unspecified atom stereocenters. The molecule has 6 heteroatoms. The molecule has 6 nitrogen and oxygen atoms in total. The summed E-state index contributed by atoms with van der Waals surface area (Å²) in [6, 6.07) is 13.6. The van der Waals surface area contributed by atoms with Crippen LogP contribution in [-0.4, -0.2) is 29.7 Å². The highest BCUT2D eigenvalue weighted by Gasteiger charge is 2.18. The molecule has 0 amide bonds. The van der Waals surface area contributed by atoms with Crippen LogP contribution in [0.15, 0.2) is 73.4 Å². The molecule has 0 saturated carbocycles. The normalized spacial score (nSPS) is 12.7. The number of nitrogens with one attached hydrogen (secondary N) is 1. The van der Waals surface area contributed by atoms with Gasteiger partial charge in [-0.1, -0.05) is 12.1 Å². The highest BCUT2D eigenvalue weighted by atomic mass is 16.3. The van der Waals surface area contributed by atoms with Crippen molar-refractivity contribution in [3.63, 3.8) is 0 Å². The number of aliphatic hydroxyl groups is 1. The minimum Gasteiger partial charge on any atom is -0.382 e. The van der Waals surface area contributed by atoms with Gasteiger partial charge in [-0.2, -0.15) is 5.10 Å². The molecule has 5 aromatic rings. The molecule has 4 heterocycles. The Labute approximate surface area is 148 Å². The fraction of sp³-hybridized carbons (Fsp3) is 0.0500. The quantitative estimate of drug-likeness (QED) is 0.527. The first-order chi connectivity index (χ1) is 12.8. The number of benzene rings is 1. The monoisotopic (exact) mass is 341 g/mol. The number of nitrogens with zero attached hydrogens (tertiary/aromatic N) is 4. The van der Waals surface area contributed by atoms with Gasteiger partial charge in [0.15, 0.2) is 0 Å². The molecule has 0 aliphatic heterocycles. The minimum atomic E-state index is -0.806. The summed E-state index contributed by atoms with van der Waals surface area (Å²) >= 11 is 0. The molecule has 0 bridgehead atoms. The van der Waals surface area contributed by atoms with Crippen LogP contribution in [0.1, 0.15) is 17.4 Å². The van der Waals surface area contributed by atoms with E-state index in [-0.39, 0.29) is 0 Å². The van der Waals surface area contributed by atoms with Gasteiger partial charge in [-0.05, 0) is 47.0 Å². The molecule has 0 saturated heterocycles. The topological polar surface area (TPSA) is 79.1 Å². The van der Waals surface area contributed by atoms with Gasteiger partial charge in [0.1, 0.15) is 11.8 Å². The number of pyridine rings is 2. The minimum absolute atomic E-state index is 0.713. The predicted octanol–water partition coefficient (Wildman–Crippen LogP) is 3.35. The van der Waals surface area contributed by atoms with E-state index in [1.165, 1.54) is 0 Å². The van der Waals surface area contributed by atoms with Gasteiger partial charge in [-0.15, -0.1) is 0 Å². The van der Waals surface area contributed by atoms with Gasteiger partial charge >= 0.3 is 0 Å². The molecule has 26 heavy (non-hydrogen) atoms. The van der Waals surface area contributed by atoms with Crippen LogP contribution in [0, 0.1) is 0 Å². The van der Waals surface area contributed by atoms with Gasteiger partial charge in [0.25, 0.3) is 0 Å². The Morgan fingerprint density at radius 1 is 0.962 bits per heavy atom. The van der Waals surface area contributed by atoms with E-state index in [1.54, 1.807) is 24.8 Å². The van der Waals surface area contributed by atoms with Crippen LogP contribution in [0.25, 0.3) is 27.7 Å². The van der Waals surface area contributed by atoms with E-state index in [0.29, 0.717) is 5.69 Å². The Kier molecular flexibility index (Phi) is 3.29. The summed E-state index contributed by atoms with van der Waals surface area (Å²) in [6.07, 6.45) is 8.17. The Morgan fingerprint density at radius 2 is 1.85 bits per heavy atom. The number of H-pyrrole nitrogens is 1. The van der Waals surface area contributed by atoms with Gasteiger partial charge in [0.2, 0.25) is 0 Å². The number of imidazole rings is 1. The largest absolute Gasteiger partial charge is 0.382 e. The fourth-order valence-corrected chi connectivity index (χ4v) is 3.31. The van der Waals surface area contributed by atoms with E-state index in [4.69, 9.17) is 0 Å². The number of hydrogen-bond donors (Lipinski definition) is 2. The van der Waals surface area contributed by atoms with Crippen LogP contribution in [0.2, 0.25) is 0 Å². The van der Waals surface area contributed by atoms with Crippen LogP contribution in [0.5, 0.6) is 0 Å². The van der Waals surface area contributed by atoms with E-state index in [1.807, 2.05) is 53.1 Å². The van der Waals surface area contributed by atoms with Crippen molar-refractivity contribution in [3.8, 4) is 11.1 Å². The lowest BCUT2D eigenvalue weighted by Gasteiger charge is -2.13. The van der Waals surface area contributed by atoms with Crippen LogP contribution in [-0.2, 0) is 0 Å².